The van der Waals surface area contributed by atoms with Crippen LogP contribution in [-0.4, -0.2) is 43.3 Å². The smallest absolute Gasteiger partial charge is 0.252 e. The number of rotatable bonds is 4. The Morgan fingerprint density at radius 2 is 2.08 bits per heavy atom. The summed E-state index contributed by atoms with van der Waals surface area (Å²) < 4.78 is 11.0. The molecule has 5 nitrogen and oxygen atoms in total. The van der Waals surface area contributed by atoms with Crippen molar-refractivity contribution < 1.29 is 9.47 Å². The number of nitrogens with zero attached hydrogens (tertiary/aromatic N) is 1. The van der Waals surface area contributed by atoms with Crippen LogP contribution < -0.4 is 10.3 Å². The lowest BCUT2D eigenvalue weighted by Gasteiger charge is -2.43. The van der Waals surface area contributed by atoms with Crippen molar-refractivity contribution in [2.75, 3.05) is 27.3 Å². The van der Waals surface area contributed by atoms with E-state index in [1.54, 1.807) is 7.11 Å². The second-order valence-corrected chi connectivity index (χ2v) is 7.87. The van der Waals surface area contributed by atoms with Crippen LogP contribution in [0.25, 0.3) is 10.9 Å². The van der Waals surface area contributed by atoms with E-state index in [0.717, 1.165) is 35.3 Å². The highest BCUT2D eigenvalue weighted by Crippen LogP contribution is 2.46. The Balaban J connectivity index is 1.57. The lowest BCUT2D eigenvalue weighted by atomic mass is 9.76. The summed E-state index contributed by atoms with van der Waals surface area (Å²) in [6.45, 7) is 2.79. The number of piperidine rings is 1. The van der Waals surface area contributed by atoms with E-state index in [9.17, 15) is 4.79 Å². The highest BCUT2D eigenvalue weighted by Gasteiger charge is 2.45. The Kier molecular flexibility index (Phi) is 4.76. The van der Waals surface area contributed by atoms with E-state index in [2.05, 4.69) is 9.88 Å². The molecule has 1 N–H and O–H groups in total. The van der Waals surface area contributed by atoms with E-state index in [-0.39, 0.29) is 11.0 Å². The van der Waals surface area contributed by atoms with Gasteiger partial charge in [-0.2, -0.15) is 0 Å². The molecule has 1 saturated carbocycles. The summed E-state index contributed by atoms with van der Waals surface area (Å²) in [7, 11) is 3.48. The molecule has 26 heavy (non-hydrogen) atoms. The topological polar surface area (TPSA) is 54.6 Å². The summed E-state index contributed by atoms with van der Waals surface area (Å²) in [6, 6.07) is 7.83. The molecule has 0 radical (unpaired) electrons. The van der Waals surface area contributed by atoms with Gasteiger partial charge in [0.05, 0.1) is 18.7 Å². The maximum Gasteiger partial charge on any atom is 0.252 e. The van der Waals surface area contributed by atoms with Crippen LogP contribution in [0.2, 0.25) is 0 Å². The van der Waals surface area contributed by atoms with Crippen LogP contribution in [0.4, 0.5) is 0 Å². The molecule has 0 amide bonds. The molecule has 2 fully saturated rings. The van der Waals surface area contributed by atoms with Crippen molar-refractivity contribution in [3.05, 3.63) is 40.2 Å². The Morgan fingerprint density at radius 1 is 1.23 bits per heavy atom. The third-order valence-corrected chi connectivity index (χ3v) is 6.32. The Morgan fingerprint density at radius 3 is 2.88 bits per heavy atom. The molecule has 0 unspecified atom stereocenters. The van der Waals surface area contributed by atoms with Crippen LogP contribution in [0.1, 0.15) is 37.7 Å². The molecule has 140 valence electrons. The van der Waals surface area contributed by atoms with Gasteiger partial charge in [0.25, 0.3) is 5.56 Å². The van der Waals surface area contributed by atoms with Crippen molar-refractivity contribution in [1.29, 1.82) is 0 Å². The van der Waals surface area contributed by atoms with Crippen LogP contribution in [0.15, 0.2) is 29.1 Å². The summed E-state index contributed by atoms with van der Waals surface area (Å²) in [6.07, 6.45) is 6.47. The Labute approximate surface area is 154 Å². The van der Waals surface area contributed by atoms with Gasteiger partial charge in [-0.3, -0.25) is 9.69 Å². The number of aromatic amines is 1. The van der Waals surface area contributed by atoms with E-state index >= 15 is 0 Å². The van der Waals surface area contributed by atoms with Gasteiger partial charge in [0.2, 0.25) is 0 Å². The molecule has 1 aliphatic heterocycles. The maximum atomic E-state index is 12.6. The molecule has 1 saturated heterocycles. The number of ether oxygens (including phenoxy) is 2. The lowest BCUT2D eigenvalue weighted by molar-refractivity contribution is -0.0367. The number of hydrogen-bond donors (Lipinski definition) is 1. The number of nitrogens with one attached hydrogen (secondary N) is 1. The van der Waals surface area contributed by atoms with E-state index < -0.39 is 0 Å². The minimum absolute atomic E-state index is 0.0000833. The maximum absolute atomic E-state index is 12.6. The number of hydrogen-bond acceptors (Lipinski definition) is 4. The SMILES string of the molecule is COc1ccc2cc(CN3CCC[C@@]4(CCC[C@H]4OC)C3)c(=O)[nH]c2c1. The first-order valence-electron chi connectivity index (χ1n) is 9.59. The summed E-state index contributed by atoms with van der Waals surface area (Å²) >= 11 is 0. The summed E-state index contributed by atoms with van der Waals surface area (Å²) in [5.41, 5.74) is 1.94. The zero-order valence-electron chi connectivity index (χ0n) is 15.7. The third kappa shape index (κ3) is 3.14. The number of benzene rings is 1. The Bertz CT molecular complexity index is 847. The molecular weight excluding hydrogens is 328 g/mol. The Hall–Kier alpha value is -1.85. The predicted octanol–water partition coefficient (Wildman–Crippen LogP) is 3.32. The fourth-order valence-electron chi connectivity index (χ4n) is 5.05. The van der Waals surface area contributed by atoms with Crippen molar-refractivity contribution in [3.8, 4) is 5.75 Å². The minimum Gasteiger partial charge on any atom is -0.497 e. The monoisotopic (exact) mass is 356 g/mol. The molecule has 1 aromatic carbocycles. The normalized spacial score (nSPS) is 26.6. The number of pyridine rings is 1. The number of fused-ring (bicyclic) bond motifs is 1. The molecule has 0 bridgehead atoms. The first kappa shape index (κ1) is 17.6. The first-order valence-corrected chi connectivity index (χ1v) is 9.59. The molecule has 2 heterocycles. The average Bonchev–Trinajstić information content (AvgIpc) is 3.03. The van der Waals surface area contributed by atoms with Gasteiger partial charge in [-0.05, 0) is 55.8 Å². The largest absolute Gasteiger partial charge is 0.497 e. The molecule has 1 aliphatic carbocycles. The van der Waals surface area contributed by atoms with Gasteiger partial charge in [0.1, 0.15) is 5.75 Å². The molecule has 1 spiro atoms. The number of H-pyrrole nitrogens is 1. The molecule has 1 aromatic heterocycles. The van der Waals surface area contributed by atoms with Crippen LogP contribution in [0.3, 0.4) is 0 Å². The summed E-state index contributed by atoms with van der Waals surface area (Å²) in [5.74, 6) is 0.755. The van der Waals surface area contributed by atoms with Crippen LogP contribution >= 0.6 is 0 Å². The third-order valence-electron chi connectivity index (χ3n) is 6.32. The van der Waals surface area contributed by atoms with Crippen LogP contribution in [-0.2, 0) is 11.3 Å². The van der Waals surface area contributed by atoms with E-state index in [0.29, 0.717) is 12.6 Å². The average molecular weight is 356 g/mol. The zero-order valence-corrected chi connectivity index (χ0v) is 15.7. The van der Waals surface area contributed by atoms with E-state index in [4.69, 9.17) is 9.47 Å². The molecule has 2 atom stereocenters. The van der Waals surface area contributed by atoms with Crippen molar-refractivity contribution >= 4 is 10.9 Å². The lowest BCUT2D eigenvalue weighted by Crippen LogP contribution is -2.47. The predicted molar refractivity (Wildman–Crippen MR) is 103 cm³/mol. The number of aromatic nitrogens is 1. The van der Waals surface area contributed by atoms with Gasteiger partial charge < -0.3 is 14.5 Å². The van der Waals surface area contributed by atoms with Crippen molar-refractivity contribution in [2.24, 2.45) is 5.41 Å². The van der Waals surface area contributed by atoms with Gasteiger partial charge in [-0.25, -0.2) is 0 Å². The van der Waals surface area contributed by atoms with Crippen LogP contribution in [0, 0.1) is 5.41 Å². The molecule has 2 aromatic rings. The second-order valence-electron chi connectivity index (χ2n) is 7.87. The van der Waals surface area contributed by atoms with E-state index in [1.165, 1.54) is 32.1 Å². The molecular formula is C21H28N2O3. The molecule has 2 aliphatic rings. The van der Waals surface area contributed by atoms with Crippen molar-refractivity contribution in [1.82, 2.24) is 9.88 Å². The van der Waals surface area contributed by atoms with E-state index in [1.807, 2.05) is 31.4 Å². The fourth-order valence-corrected chi connectivity index (χ4v) is 5.05. The van der Waals surface area contributed by atoms with Gasteiger partial charge >= 0.3 is 0 Å². The molecule has 4 rings (SSSR count). The first-order chi connectivity index (χ1) is 12.6. The highest BCUT2D eigenvalue weighted by molar-refractivity contribution is 5.80. The number of likely N-dealkylation sites (tertiary alicyclic amines) is 1. The van der Waals surface area contributed by atoms with Crippen LogP contribution in [0.5, 0.6) is 5.75 Å². The number of methoxy groups -OCH3 is 2. The minimum atomic E-state index is 0.0000833. The summed E-state index contributed by atoms with van der Waals surface area (Å²) in [5, 5.41) is 1.04. The van der Waals surface area contributed by atoms with Gasteiger partial charge in [0.15, 0.2) is 0 Å². The zero-order chi connectivity index (χ0) is 18.1. The van der Waals surface area contributed by atoms with Gasteiger partial charge in [-0.1, -0.05) is 6.42 Å². The second kappa shape index (κ2) is 7.05. The van der Waals surface area contributed by atoms with Gasteiger partial charge in [0, 0.05) is 37.2 Å². The summed E-state index contributed by atoms with van der Waals surface area (Å²) in [4.78, 5) is 18.1. The van der Waals surface area contributed by atoms with Gasteiger partial charge in [-0.15, -0.1) is 0 Å². The standard InChI is InChI=1S/C21H28N2O3/c1-25-17-7-6-15-11-16(20(24)22-18(15)12-17)13-23-10-4-9-21(14-23)8-3-5-19(21)26-2/h6-7,11-12,19H,3-5,8-10,13-14H2,1-2H3,(H,22,24)/t19-,21+/m1/s1. The van der Waals surface area contributed by atoms with Crippen molar-refractivity contribution in [2.45, 2.75) is 44.8 Å². The van der Waals surface area contributed by atoms with Crippen molar-refractivity contribution in [3.63, 3.8) is 0 Å². The fraction of sp³-hybridized carbons (Fsp3) is 0.571. The quantitative estimate of drug-likeness (QED) is 0.913. The molecule has 5 heteroatoms. The highest BCUT2D eigenvalue weighted by atomic mass is 16.5.